The first-order valence-electron chi connectivity index (χ1n) is 8.87. The van der Waals surface area contributed by atoms with Crippen LogP contribution in [0.3, 0.4) is 0 Å². The number of rotatable bonds is 5. The van der Waals surface area contributed by atoms with Crippen LogP contribution in [0.2, 0.25) is 0 Å². The highest BCUT2D eigenvalue weighted by atomic mass is 16.5. The Labute approximate surface area is 147 Å². The lowest BCUT2D eigenvalue weighted by molar-refractivity contribution is 0.325. The maximum atomic E-state index is 5.47. The Kier molecular flexibility index (Phi) is 4.36. The standard InChI is InChI=1S/C19H23N5O/c1-13(2)19-21-18-9-8-15(12-24(18)22-19)20-11-16-10-17(23-25-16)14-6-4-3-5-7-14/h3-7,10,13,15,20H,8-9,11-12H2,1-2H3/t15-/m1/s1. The second-order valence-corrected chi connectivity index (χ2v) is 6.88. The molecule has 130 valence electrons. The Bertz CT molecular complexity index is 837. The van der Waals surface area contributed by atoms with Crippen LogP contribution in [0.15, 0.2) is 40.9 Å². The van der Waals surface area contributed by atoms with Crippen LogP contribution >= 0.6 is 0 Å². The van der Waals surface area contributed by atoms with E-state index >= 15 is 0 Å². The van der Waals surface area contributed by atoms with E-state index in [0.717, 1.165) is 48.1 Å². The zero-order chi connectivity index (χ0) is 17.2. The predicted molar refractivity (Wildman–Crippen MR) is 95.0 cm³/mol. The van der Waals surface area contributed by atoms with Gasteiger partial charge < -0.3 is 9.84 Å². The predicted octanol–water partition coefficient (Wildman–Crippen LogP) is 3.16. The average Bonchev–Trinajstić information content (AvgIpc) is 3.27. The van der Waals surface area contributed by atoms with Gasteiger partial charge in [-0.15, -0.1) is 0 Å². The minimum atomic E-state index is 0.370. The number of nitrogens with zero attached hydrogens (tertiary/aromatic N) is 4. The van der Waals surface area contributed by atoms with Crippen molar-refractivity contribution in [2.24, 2.45) is 0 Å². The second kappa shape index (κ2) is 6.80. The average molecular weight is 337 g/mol. The van der Waals surface area contributed by atoms with Crippen molar-refractivity contribution >= 4 is 0 Å². The van der Waals surface area contributed by atoms with Crippen LogP contribution in [0.4, 0.5) is 0 Å². The van der Waals surface area contributed by atoms with Crippen molar-refractivity contribution in [2.75, 3.05) is 0 Å². The van der Waals surface area contributed by atoms with Crippen LogP contribution in [-0.2, 0) is 19.5 Å². The molecular formula is C19H23N5O. The van der Waals surface area contributed by atoms with Gasteiger partial charge in [-0.2, -0.15) is 5.10 Å². The number of benzene rings is 1. The summed E-state index contributed by atoms with van der Waals surface area (Å²) >= 11 is 0. The van der Waals surface area contributed by atoms with Gasteiger partial charge in [0, 0.05) is 30.0 Å². The lowest BCUT2D eigenvalue weighted by Crippen LogP contribution is -2.37. The number of hydrogen-bond donors (Lipinski definition) is 1. The van der Waals surface area contributed by atoms with Crippen LogP contribution in [0.1, 0.15) is 43.6 Å². The molecular weight excluding hydrogens is 314 g/mol. The summed E-state index contributed by atoms with van der Waals surface area (Å²) in [7, 11) is 0. The number of aryl methyl sites for hydroxylation is 1. The zero-order valence-electron chi connectivity index (χ0n) is 14.6. The molecule has 6 heteroatoms. The summed E-state index contributed by atoms with van der Waals surface area (Å²) in [5.41, 5.74) is 1.95. The Morgan fingerprint density at radius 1 is 1.28 bits per heavy atom. The van der Waals surface area contributed by atoms with Crippen molar-refractivity contribution in [3.8, 4) is 11.3 Å². The van der Waals surface area contributed by atoms with Crippen molar-refractivity contribution in [1.82, 2.24) is 25.2 Å². The lowest BCUT2D eigenvalue weighted by atomic mass is 10.1. The minimum absolute atomic E-state index is 0.370. The molecule has 2 aromatic heterocycles. The molecule has 1 aromatic carbocycles. The Morgan fingerprint density at radius 3 is 2.92 bits per heavy atom. The van der Waals surface area contributed by atoms with Crippen LogP contribution in [0.5, 0.6) is 0 Å². The molecule has 4 rings (SSSR count). The first-order chi connectivity index (χ1) is 12.2. The van der Waals surface area contributed by atoms with Gasteiger partial charge in [0.15, 0.2) is 11.6 Å². The van der Waals surface area contributed by atoms with Gasteiger partial charge in [-0.05, 0) is 6.42 Å². The van der Waals surface area contributed by atoms with Gasteiger partial charge in [0.25, 0.3) is 0 Å². The number of fused-ring (bicyclic) bond motifs is 1. The molecule has 1 atom stereocenters. The molecule has 3 heterocycles. The molecule has 0 spiro atoms. The first kappa shape index (κ1) is 16.0. The fraction of sp³-hybridized carbons (Fsp3) is 0.421. The van der Waals surface area contributed by atoms with Crippen molar-refractivity contribution in [3.63, 3.8) is 0 Å². The van der Waals surface area contributed by atoms with Crippen LogP contribution in [-0.4, -0.2) is 26.0 Å². The Hall–Kier alpha value is -2.47. The highest BCUT2D eigenvalue weighted by Crippen LogP contribution is 2.20. The highest BCUT2D eigenvalue weighted by Gasteiger charge is 2.22. The molecule has 0 saturated carbocycles. The molecule has 1 aliphatic heterocycles. The van der Waals surface area contributed by atoms with Gasteiger partial charge in [-0.25, -0.2) is 9.67 Å². The maximum absolute atomic E-state index is 5.47. The number of nitrogens with one attached hydrogen (secondary N) is 1. The SMILES string of the molecule is CC(C)c1nc2n(n1)C[C@H](NCc1cc(-c3ccccc3)no1)CC2. The van der Waals surface area contributed by atoms with E-state index in [1.54, 1.807) is 0 Å². The van der Waals surface area contributed by atoms with Crippen molar-refractivity contribution in [3.05, 3.63) is 53.8 Å². The summed E-state index contributed by atoms with van der Waals surface area (Å²) in [4.78, 5) is 4.64. The third-order valence-electron chi connectivity index (χ3n) is 4.58. The van der Waals surface area contributed by atoms with Crippen LogP contribution in [0, 0.1) is 0 Å². The molecule has 1 aliphatic rings. The molecule has 0 radical (unpaired) electrons. The van der Waals surface area contributed by atoms with Gasteiger partial charge in [0.05, 0.1) is 13.1 Å². The topological polar surface area (TPSA) is 68.8 Å². The molecule has 0 unspecified atom stereocenters. The van der Waals surface area contributed by atoms with Crippen molar-refractivity contribution < 1.29 is 4.52 Å². The van der Waals surface area contributed by atoms with E-state index in [-0.39, 0.29) is 0 Å². The van der Waals surface area contributed by atoms with E-state index in [1.165, 1.54) is 0 Å². The van der Waals surface area contributed by atoms with E-state index in [9.17, 15) is 0 Å². The molecule has 0 bridgehead atoms. The largest absolute Gasteiger partial charge is 0.359 e. The smallest absolute Gasteiger partial charge is 0.153 e. The zero-order valence-corrected chi connectivity index (χ0v) is 14.6. The number of aromatic nitrogens is 4. The van der Waals surface area contributed by atoms with Crippen LogP contribution < -0.4 is 5.32 Å². The quantitative estimate of drug-likeness (QED) is 0.774. The van der Waals surface area contributed by atoms with Gasteiger partial charge in [-0.1, -0.05) is 49.3 Å². The van der Waals surface area contributed by atoms with E-state index in [2.05, 4.69) is 34.4 Å². The third kappa shape index (κ3) is 3.49. The lowest BCUT2D eigenvalue weighted by Gasteiger charge is -2.23. The van der Waals surface area contributed by atoms with Crippen molar-refractivity contribution in [2.45, 2.75) is 51.7 Å². The first-order valence-corrected chi connectivity index (χ1v) is 8.87. The summed E-state index contributed by atoms with van der Waals surface area (Å²) in [6, 6.07) is 12.5. The summed E-state index contributed by atoms with van der Waals surface area (Å²) in [6.07, 6.45) is 2.03. The minimum Gasteiger partial charge on any atom is -0.359 e. The number of hydrogen-bond acceptors (Lipinski definition) is 5. The van der Waals surface area contributed by atoms with E-state index in [4.69, 9.17) is 4.52 Å². The van der Waals surface area contributed by atoms with Gasteiger partial charge in [0.2, 0.25) is 0 Å². The summed E-state index contributed by atoms with van der Waals surface area (Å²) < 4.78 is 7.52. The van der Waals surface area contributed by atoms with E-state index in [0.29, 0.717) is 18.5 Å². The normalized spacial score (nSPS) is 17.0. The highest BCUT2D eigenvalue weighted by molar-refractivity contribution is 5.58. The van der Waals surface area contributed by atoms with E-state index < -0.39 is 0 Å². The summed E-state index contributed by atoms with van der Waals surface area (Å²) in [6.45, 7) is 5.79. The molecule has 1 N–H and O–H groups in total. The Balaban J connectivity index is 1.37. The third-order valence-corrected chi connectivity index (χ3v) is 4.58. The maximum Gasteiger partial charge on any atom is 0.153 e. The molecule has 0 amide bonds. The molecule has 0 aliphatic carbocycles. The van der Waals surface area contributed by atoms with E-state index in [1.807, 2.05) is 41.1 Å². The Morgan fingerprint density at radius 2 is 2.12 bits per heavy atom. The molecule has 0 saturated heterocycles. The van der Waals surface area contributed by atoms with Crippen LogP contribution in [0.25, 0.3) is 11.3 Å². The summed E-state index contributed by atoms with van der Waals surface area (Å²) in [5, 5.41) is 12.4. The fourth-order valence-corrected chi connectivity index (χ4v) is 3.13. The fourth-order valence-electron chi connectivity index (χ4n) is 3.13. The molecule has 6 nitrogen and oxygen atoms in total. The monoisotopic (exact) mass is 337 g/mol. The van der Waals surface area contributed by atoms with Crippen molar-refractivity contribution in [1.29, 1.82) is 0 Å². The molecule has 3 aromatic rings. The summed E-state index contributed by atoms with van der Waals surface area (Å²) in [5.74, 6) is 3.27. The molecule has 0 fully saturated rings. The van der Waals surface area contributed by atoms with Gasteiger partial charge >= 0.3 is 0 Å². The van der Waals surface area contributed by atoms with Gasteiger partial charge in [0.1, 0.15) is 11.5 Å². The van der Waals surface area contributed by atoms with Gasteiger partial charge in [-0.3, -0.25) is 0 Å². The second-order valence-electron chi connectivity index (χ2n) is 6.88. The molecule has 25 heavy (non-hydrogen) atoms.